The lowest BCUT2D eigenvalue weighted by Gasteiger charge is -2.28. The Morgan fingerprint density at radius 2 is 1.91 bits per heavy atom. The summed E-state index contributed by atoms with van der Waals surface area (Å²) in [5, 5.41) is 10.8. The minimum absolute atomic E-state index is 0.0497. The number of amides is 1. The van der Waals surface area contributed by atoms with Gasteiger partial charge in [-0.2, -0.15) is 0 Å². The van der Waals surface area contributed by atoms with E-state index in [-0.39, 0.29) is 31.2 Å². The zero-order valence-electron chi connectivity index (χ0n) is 18.4. The summed E-state index contributed by atoms with van der Waals surface area (Å²) in [6.07, 6.45) is 2.50. The van der Waals surface area contributed by atoms with Gasteiger partial charge in [-0.3, -0.25) is 9.59 Å². The Kier molecular flexibility index (Phi) is 6.11. The lowest BCUT2D eigenvalue weighted by molar-refractivity contribution is -0.144. The Morgan fingerprint density at radius 1 is 1.12 bits per heavy atom. The first-order chi connectivity index (χ1) is 16.6. The number of carbonyl (C=O) groups is 1. The highest BCUT2D eigenvalue weighted by molar-refractivity contribution is 5.94. The van der Waals surface area contributed by atoms with Crippen LogP contribution in [0, 0.1) is 0 Å². The van der Waals surface area contributed by atoms with E-state index >= 15 is 0 Å². The number of hydrogen-bond donors (Lipinski definition) is 2. The summed E-state index contributed by atoms with van der Waals surface area (Å²) in [4.78, 5) is 33.1. The van der Waals surface area contributed by atoms with Crippen LogP contribution in [0.15, 0.2) is 71.9 Å². The van der Waals surface area contributed by atoms with Gasteiger partial charge in [0.05, 0.1) is 24.9 Å². The Hall–Kier alpha value is -3.95. The van der Waals surface area contributed by atoms with Crippen molar-refractivity contribution in [1.82, 2.24) is 19.4 Å². The van der Waals surface area contributed by atoms with Gasteiger partial charge in [0.15, 0.2) is 5.65 Å². The third kappa shape index (κ3) is 4.43. The number of nitrogens with zero attached hydrogens (tertiary/aromatic N) is 3. The largest absolute Gasteiger partial charge is 0.491 e. The number of aliphatic hydroxyl groups excluding tert-OH is 1. The number of aromatic nitrogens is 3. The summed E-state index contributed by atoms with van der Waals surface area (Å²) in [5.74, 6) is 0.448. The second-order valence-electron chi connectivity index (χ2n) is 8.06. The fourth-order valence-electron chi connectivity index (χ4n) is 4.05. The number of benzene rings is 2. The Labute approximate surface area is 195 Å². The summed E-state index contributed by atoms with van der Waals surface area (Å²) < 4.78 is 12.7. The maximum absolute atomic E-state index is 12.7. The molecule has 9 nitrogen and oxygen atoms in total. The Morgan fingerprint density at radius 3 is 2.68 bits per heavy atom. The number of nitrogens with one attached hydrogen (secondary N) is 1. The van der Waals surface area contributed by atoms with Crippen LogP contribution in [0.3, 0.4) is 0 Å². The van der Waals surface area contributed by atoms with Gasteiger partial charge in [-0.05, 0) is 29.8 Å². The number of aliphatic hydroxyl groups is 1. The highest BCUT2D eigenvalue weighted by Crippen LogP contribution is 2.30. The van der Waals surface area contributed by atoms with Crippen molar-refractivity contribution in [3.8, 4) is 22.6 Å². The Bertz CT molecular complexity index is 1350. The van der Waals surface area contributed by atoms with Gasteiger partial charge in [-0.25, -0.2) is 4.98 Å². The number of carbonyl (C=O) groups excluding carboxylic acids is 1. The van der Waals surface area contributed by atoms with Crippen LogP contribution in [0.5, 0.6) is 5.75 Å². The molecular weight excluding hydrogens is 436 g/mol. The summed E-state index contributed by atoms with van der Waals surface area (Å²) in [6, 6.07) is 17.0. The van der Waals surface area contributed by atoms with E-state index in [1.54, 1.807) is 17.0 Å². The Balaban J connectivity index is 1.34. The SMILES string of the molecule is O=C1COCCN1CC(O)COc1ccc(-c2cn(-c3ccccc3)c3nc[nH]c(=O)c23)cc1. The molecule has 1 aliphatic heterocycles. The van der Waals surface area contributed by atoms with Gasteiger partial charge in [-0.1, -0.05) is 30.3 Å². The first-order valence-electron chi connectivity index (χ1n) is 11.0. The van der Waals surface area contributed by atoms with Crippen molar-refractivity contribution in [1.29, 1.82) is 0 Å². The number of para-hydroxylation sites is 1. The molecule has 1 saturated heterocycles. The second kappa shape index (κ2) is 9.50. The molecule has 1 aliphatic rings. The minimum atomic E-state index is -0.810. The lowest BCUT2D eigenvalue weighted by atomic mass is 10.1. The summed E-state index contributed by atoms with van der Waals surface area (Å²) in [5.41, 5.74) is 2.86. The van der Waals surface area contributed by atoms with Crippen molar-refractivity contribution in [2.24, 2.45) is 0 Å². The summed E-state index contributed by atoms with van der Waals surface area (Å²) in [7, 11) is 0. The van der Waals surface area contributed by atoms with Crippen LogP contribution in [0.2, 0.25) is 0 Å². The average Bonchev–Trinajstić information content (AvgIpc) is 3.26. The van der Waals surface area contributed by atoms with E-state index in [9.17, 15) is 14.7 Å². The molecule has 1 amide bonds. The molecule has 1 fully saturated rings. The van der Waals surface area contributed by atoms with Crippen LogP contribution in [0.4, 0.5) is 0 Å². The van der Waals surface area contributed by atoms with E-state index in [0.29, 0.717) is 29.9 Å². The first kappa shape index (κ1) is 21.9. The van der Waals surface area contributed by atoms with Crippen LogP contribution in [0.1, 0.15) is 0 Å². The van der Waals surface area contributed by atoms with E-state index in [1.165, 1.54) is 6.33 Å². The predicted octanol–water partition coefficient (Wildman–Crippen LogP) is 1.98. The number of aromatic amines is 1. The molecule has 0 saturated carbocycles. The molecule has 0 spiro atoms. The van der Waals surface area contributed by atoms with Crippen LogP contribution in [0.25, 0.3) is 27.8 Å². The molecule has 9 heteroatoms. The zero-order valence-corrected chi connectivity index (χ0v) is 18.4. The quantitative estimate of drug-likeness (QED) is 0.437. The predicted molar refractivity (Wildman–Crippen MR) is 126 cm³/mol. The van der Waals surface area contributed by atoms with Gasteiger partial charge in [0.2, 0.25) is 5.91 Å². The highest BCUT2D eigenvalue weighted by Gasteiger charge is 2.21. The molecule has 3 heterocycles. The number of morpholine rings is 1. The molecule has 0 bridgehead atoms. The number of ether oxygens (including phenoxy) is 2. The van der Waals surface area contributed by atoms with Crippen LogP contribution in [-0.2, 0) is 9.53 Å². The third-order valence-corrected chi connectivity index (χ3v) is 5.75. The monoisotopic (exact) mass is 460 g/mol. The molecule has 1 unspecified atom stereocenters. The fraction of sp³-hybridized carbons (Fsp3) is 0.240. The minimum Gasteiger partial charge on any atom is -0.491 e. The van der Waals surface area contributed by atoms with Gasteiger partial charge in [-0.15, -0.1) is 0 Å². The topological polar surface area (TPSA) is 110 Å². The van der Waals surface area contributed by atoms with Crippen molar-refractivity contribution >= 4 is 16.9 Å². The maximum Gasteiger partial charge on any atom is 0.260 e. The fourth-order valence-corrected chi connectivity index (χ4v) is 4.05. The summed E-state index contributed by atoms with van der Waals surface area (Å²) >= 11 is 0. The number of hydrogen-bond acceptors (Lipinski definition) is 6. The first-order valence-corrected chi connectivity index (χ1v) is 11.0. The van der Waals surface area contributed by atoms with E-state index in [1.807, 2.05) is 53.2 Å². The molecule has 2 N–H and O–H groups in total. The number of rotatable bonds is 7. The third-order valence-electron chi connectivity index (χ3n) is 5.75. The normalized spacial score (nSPS) is 15.0. The zero-order chi connectivity index (χ0) is 23.5. The lowest BCUT2D eigenvalue weighted by Crippen LogP contribution is -2.46. The van der Waals surface area contributed by atoms with E-state index < -0.39 is 6.10 Å². The van der Waals surface area contributed by atoms with Crippen molar-refractivity contribution in [2.45, 2.75) is 6.10 Å². The second-order valence-corrected chi connectivity index (χ2v) is 8.06. The van der Waals surface area contributed by atoms with E-state index in [0.717, 1.165) is 16.8 Å². The molecule has 2 aromatic heterocycles. The number of β-amino-alcohol motifs (C(OH)–C–C–N with tert-alkyl or cyclic N) is 1. The summed E-state index contributed by atoms with van der Waals surface area (Å²) in [6.45, 7) is 1.25. The van der Waals surface area contributed by atoms with Gasteiger partial charge in [0, 0.05) is 24.0 Å². The molecule has 174 valence electrons. The number of H-pyrrole nitrogens is 1. The molecule has 4 aromatic rings. The van der Waals surface area contributed by atoms with Gasteiger partial charge in [0.25, 0.3) is 5.56 Å². The van der Waals surface area contributed by atoms with E-state index in [2.05, 4.69) is 9.97 Å². The molecular formula is C25H24N4O5. The van der Waals surface area contributed by atoms with E-state index in [4.69, 9.17) is 9.47 Å². The maximum atomic E-state index is 12.7. The molecule has 1 atom stereocenters. The highest BCUT2D eigenvalue weighted by atomic mass is 16.5. The van der Waals surface area contributed by atoms with Gasteiger partial charge in [0.1, 0.15) is 25.1 Å². The molecule has 0 radical (unpaired) electrons. The van der Waals surface area contributed by atoms with Crippen molar-refractivity contribution in [3.63, 3.8) is 0 Å². The van der Waals surface area contributed by atoms with Crippen LogP contribution < -0.4 is 10.3 Å². The van der Waals surface area contributed by atoms with Crippen molar-refractivity contribution in [2.75, 3.05) is 32.9 Å². The standard InChI is InChI=1S/C25H24N4O5/c30-19(12-28-10-11-33-15-22(28)31)14-34-20-8-6-17(7-9-20)21-13-29(18-4-2-1-3-5-18)24-23(21)25(32)27-16-26-24/h1-9,13,16,19,30H,10-12,14-15H2,(H,26,27,32). The van der Waals surface area contributed by atoms with Gasteiger partial charge >= 0.3 is 0 Å². The molecule has 0 aliphatic carbocycles. The van der Waals surface area contributed by atoms with Crippen LogP contribution >= 0.6 is 0 Å². The van der Waals surface area contributed by atoms with Crippen molar-refractivity contribution < 1.29 is 19.4 Å². The number of fused-ring (bicyclic) bond motifs is 1. The van der Waals surface area contributed by atoms with Gasteiger partial charge < -0.3 is 29.0 Å². The smallest absolute Gasteiger partial charge is 0.260 e. The molecule has 34 heavy (non-hydrogen) atoms. The molecule has 5 rings (SSSR count). The molecule has 2 aromatic carbocycles. The van der Waals surface area contributed by atoms with Crippen molar-refractivity contribution in [3.05, 3.63) is 77.5 Å². The van der Waals surface area contributed by atoms with Crippen LogP contribution in [-0.4, -0.2) is 69.5 Å². The average molecular weight is 460 g/mol.